The molecule has 1 N–H and O–H groups in total. The second-order valence-electron chi connectivity index (χ2n) is 9.23. The minimum absolute atomic E-state index is 0.235. The molecule has 0 bridgehead atoms. The first-order valence-electron chi connectivity index (χ1n) is 12.8. The molecule has 202 valence electrons. The lowest BCUT2D eigenvalue weighted by Gasteiger charge is -2.31. The molecule has 0 saturated carbocycles. The van der Waals surface area contributed by atoms with Gasteiger partial charge in [0.25, 0.3) is 10.0 Å². The number of nitrogens with one attached hydrogen (secondary N) is 1. The van der Waals surface area contributed by atoms with Gasteiger partial charge in [-0.1, -0.05) is 72.8 Å². The van der Waals surface area contributed by atoms with Crippen molar-refractivity contribution < 1.29 is 22.8 Å². The van der Waals surface area contributed by atoms with Gasteiger partial charge in [-0.15, -0.1) is 0 Å². The van der Waals surface area contributed by atoms with Crippen molar-refractivity contribution in [3.63, 3.8) is 0 Å². The summed E-state index contributed by atoms with van der Waals surface area (Å²) in [6.45, 7) is 2.81. The van der Waals surface area contributed by atoms with Crippen molar-refractivity contribution in [3.8, 4) is 0 Å². The van der Waals surface area contributed by atoms with E-state index in [1.807, 2.05) is 29.0 Å². The smallest absolute Gasteiger partial charge is 0.257 e. The predicted molar refractivity (Wildman–Crippen MR) is 151 cm³/mol. The Morgan fingerprint density at radius 3 is 2.21 bits per heavy atom. The summed E-state index contributed by atoms with van der Waals surface area (Å²) in [5.41, 5.74) is 3.35. The molecule has 0 aromatic heterocycles. The van der Waals surface area contributed by atoms with Crippen molar-refractivity contribution in [2.45, 2.75) is 26.3 Å². The topological polar surface area (TPSA) is 104 Å². The first kappa shape index (κ1) is 27.8. The summed E-state index contributed by atoms with van der Waals surface area (Å²) >= 11 is 0. The fraction of sp³-hybridized carbons (Fsp3) is 0.233. The summed E-state index contributed by atoms with van der Waals surface area (Å²) in [6, 6.07) is 25.3. The van der Waals surface area contributed by atoms with Crippen LogP contribution in [0.2, 0.25) is 0 Å². The molecule has 4 rings (SSSR count). The van der Waals surface area contributed by atoms with Gasteiger partial charge in [0.1, 0.15) is 5.92 Å². The largest absolute Gasteiger partial charge is 0.338 e. The van der Waals surface area contributed by atoms with Gasteiger partial charge in [-0.2, -0.15) is 0 Å². The normalized spacial score (nSPS) is 13.9. The Balaban J connectivity index is 1.56. The minimum atomic E-state index is -4.23. The summed E-state index contributed by atoms with van der Waals surface area (Å²) in [6.07, 6.45) is 1.57. The molecule has 3 amide bonds. The van der Waals surface area contributed by atoms with Crippen LogP contribution in [-0.2, 0) is 37.4 Å². The first-order chi connectivity index (χ1) is 18.8. The third-order valence-electron chi connectivity index (χ3n) is 6.61. The SMILES string of the molecule is CCN(C(=O)C(CC(=O)N1CCc2ccccc2C1)C(=O)NS(=O)(=O)/C=C/c1ccccc1)c1ccccc1. The van der Waals surface area contributed by atoms with Crippen LogP contribution in [0.1, 0.15) is 30.0 Å². The van der Waals surface area contributed by atoms with Crippen LogP contribution in [0.5, 0.6) is 0 Å². The van der Waals surface area contributed by atoms with E-state index in [-0.39, 0.29) is 12.5 Å². The van der Waals surface area contributed by atoms with E-state index in [1.54, 1.807) is 72.5 Å². The summed E-state index contributed by atoms with van der Waals surface area (Å²) in [7, 11) is -4.23. The Bertz CT molecular complexity index is 1460. The van der Waals surface area contributed by atoms with Crippen molar-refractivity contribution in [3.05, 3.63) is 107 Å². The number of benzene rings is 3. The monoisotopic (exact) mass is 545 g/mol. The van der Waals surface area contributed by atoms with E-state index in [9.17, 15) is 22.8 Å². The molecule has 0 fully saturated rings. The van der Waals surface area contributed by atoms with Crippen LogP contribution in [0.25, 0.3) is 6.08 Å². The molecule has 0 spiro atoms. The highest BCUT2D eigenvalue weighted by atomic mass is 32.2. The van der Waals surface area contributed by atoms with Crippen molar-refractivity contribution in [2.75, 3.05) is 18.0 Å². The average molecular weight is 546 g/mol. The Morgan fingerprint density at radius 2 is 1.54 bits per heavy atom. The van der Waals surface area contributed by atoms with E-state index in [4.69, 9.17) is 0 Å². The summed E-state index contributed by atoms with van der Waals surface area (Å²) in [4.78, 5) is 43.4. The highest BCUT2D eigenvalue weighted by Gasteiger charge is 2.36. The maximum Gasteiger partial charge on any atom is 0.257 e. The zero-order chi connectivity index (χ0) is 27.8. The number of carbonyl (C=O) groups excluding carboxylic acids is 3. The average Bonchev–Trinajstić information content (AvgIpc) is 2.95. The number of hydrogen-bond donors (Lipinski definition) is 1. The van der Waals surface area contributed by atoms with Crippen LogP contribution in [0.15, 0.2) is 90.3 Å². The van der Waals surface area contributed by atoms with Crippen molar-refractivity contribution in [1.29, 1.82) is 0 Å². The van der Waals surface area contributed by atoms with Crippen LogP contribution in [-0.4, -0.2) is 44.1 Å². The molecule has 0 aliphatic carbocycles. The highest BCUT2D eigenvalue weighted by molar-refractivity contribution is 7.93. The van der Waals surface area contributed by atoms with E-state index in [0.717, 1.165) is 16.5 Å². The second-order valence-corrected chi connectivity index (χ2v) is 10.8. The van der Waals surface area contributed by atoms with Crippen molar-refractivity contribution in [2.24, 2.45) is 5.92 Å². The van der Waals surface area contributed by atoms with Crippen molar-refractivity contribution >= 4 is 39.5 Å². The number of fused-ring (bicyclic) bond motifs is 1. The predicted octanol–water partition coefficient (Wildman–Crippen LogP) is 3.75. The number of para-hydroxylation sites is 1. The van der Waals surface area contributed by atoms with Crippen LogP contribution in [0, 0.1) is 5.92 Å². The maximum atomic E-state index is 13.7. The van der Waals surface area contributed by atoms with Gasteiger partial charge in [-0.05, 0) is 48.2 Å². The van der Waals surface area contributed by atoms with Gasteiger partial charge >= 0.3 is 0 Å². The van der Waals surface area contributed by atoms with Gasteiger partial charge in [-0.3, -0.25) is 14.4 Å². The van der Waals surface area contributed by atoms with E-state index in [1.165, 1.54) is 11.0 Å². The van der Waals surface area contributed by atoms with Crippen LogP contribution in [0.3, 0.4) is 0 Å². The summed E-state index contributed by atoms with van der Waals surface area (Å²) in [5, 5.41) is 0.875. The highest BCUT2D eigenvalue weighted by Crippen LogP contribution is 2.23. The number of amides is 3. The van der Waals surface area contributed by atoms with Gasteiger partial charge < -0.3 is 9.80 Å². The maximum absolute atomic E-state index is 13.7. The molecule has 39 heavy (non-hydrogen) atoms. The molecular weight excluding hydrogens is 514 g/mol. The van der Waals surface area contributed by atoms with E-state index < -0.39 is 34.2 Å². The number of rotatable bonds is 9. The number of hydrogen-bond acceptors (Lipinski definition) is 5. The molecule has 1 aliphatic rings. The van der Waals surface area contributed by atoms with E-state index in [2.05, 4.69) is 0 Å². The number of anilines is 1. The molecule has 3 aromatic carbocycles. The molecular formula is C30H31N3O5S. The Kier molecular flexibility index (Phi) is 8.93. The standard InChI is InChI=1S/C30H31N3O5S/c1-2-33(26-15-7-4-8-16-26)30(36)27(21-28(34)32-19-17-24-13-9-10-14-25(24)22-32)29(35)31-39(37,38)20-18-23-11-5-3-6-12-23/h3-16,18,20,27H,2,17,19,21-22H2,1H3,(H,31,35)/b20-18+. The molecule has 3 aromatic rings. The number of nitrogens with zero attached hydrogens (tertiary/aromatic N) is 2. The quantitative estimate of drug-likeness (QED) is 0.413. The minimum Gasteiger partial charge on any atom is -0.338 e. The van der Waals surface area contributed by atoms with Crippen LogP contribution >= 0.6 is 0 Å². The van der Waals surface area contributed by atoms with Gasteiger partial charge in [0.2, 0.25) is 17.7 Å². The van der Waals surface area contributed by atoms with Crippen LogP contribution in [0.4, 0.5) is 5.69 Å². The second kappa shape index (κ2) is 12.5. The first-order valence-corrected chi connectivity index (χ1v) is 14.3. The van der Waals surface area contributed by atoms with Crippen molar-refractivity contribution in [1.82, 2.24) is 9.62 Å². The van der Waals surface area contributed by atoms with Gasteiger partial charge in [0.05, 0.1) is 5.41 Å². The molecule has 0 radical (unpaired) electrons. The molecule has 9 heteroatoms. The van der Waals surface area contributed by atoms with Gasteiger partial charge in [0, 0.05) is 31.7 Å². The molecule has 1 aliphatic heterocycles. The lowest BCUT2D eigenvalue weighted by molar-refractivity contribution is -0.141. The van der Waals surface area contributed by atoms with Crippen LogP contribution < -0.4 is 9.62 Å². The molecule has 1 unspecified atom stereocenters. The Labute approximate surface area is 229 Å². The third kappa shape index (κ3) is 7.20. The lowest BCUT2D eigenvalue weighted by atomic mass is 9.97. The Morgan fingerprint density at radius 1 is 0.923 bits per heavy atom. The van der Waals surface area contributed by atoms with Gasteiger partial charge in [-0.25, -0.2) is 13.1 Å². The van der Waals surface area contributed by atoms with E-state index >= 15 is 0 Å². The zero-order valence-corrected chi connectivity index (χ0v) is 22.5. The summed E-state index contributed by atoms with van der Waals surface area (Å²) in [5.74, 6) is -3.61. The molecule has 1 atom stereocenters. The molecule has 8 nitrogen and oxygen atoms in total. The lowest BCUT2D eigenvalue weighted by Crippen LogP contribution is -2.47. The fourth-order valence-electron chi connectivity index (χ4n) is 4.54. The third-order valence-corrected chi connectivity index (χ3v) is 7.59. The fourth-order valence-corrected chi connectivity index (χ4v) is 5.37. The summed E-state index contributed by atoms with van der Waals surface area (Å²) < 4.78 is 27.5. The Hall–Kier alpha value is -4.24. The zero-order valence-electron chi connectivity index (χ0n) is 21.7. The number of carbonyl (C=O) groups is 3. The molecule has 1 heterocycles. The van der Waals surface area contributed by atoms with E-state index in [0.29, 0.717) is 30.8 Å². The van der Waals surface area contributed by atoms with Gasteiger partial charge in [0.15, 0.2) is 0 Å². The molecule has 0 saturated heterocycles. The number of sulfonamides is 1.